The lowest BCUT2D eigenvalue weighted by Crippen LogP contribution is -2.05. The van der Waals surface area contributed by atoms with Gasteiger partial charge in [-0.15, -0.1) is 0 Å². The highest BCUT2D eigenvalue weighted by molar-refractivity contribution is 14.1. The quantitative estimate of drug-likeness (QED) is 0.804. The average molecular weight is 286 g/mol. The Bertz CT molecular complexity index is 382. The van der Waals surface area contributed by atoms with E-state index in [4.69, 9.17) is 5.26 Å². The largest absolute Gasteiger partial charge is 0.326 e. The van der Waals surface area contributed by atoms with Crippen molar-refractivity contribution in [3.63, 3.8) is 0 Å². The molecule has 1 aromatic rings. The Morgan fingerprint density at radius 1 is 1.54 bits per heavy atom. The molecule has 1 N–H and O–H groups in total. The van der Waals surface area contributed by atoms with Gasteiger partial charge in [-0.1, -0.05) is 0 Å². The number of carbonyl (C=O) groups excluding carboxylic acids is 1. The Kier molecular flexibility index (Phi) is 3.25. The van der Waals surface area contributed by atoms with Gasteiger partial charge in [0.25, 0.3) is 0 Å². The fourth-order valence-corrected chi connectivity index (χ4v) is 1.60. The SMILES string of the molecule is CC(=O)Nc1cc(I)cc(C#N)c1. The van der Waals surface area contributed by atoms with Crippen LogP contribution in [0.15, 0.2) is 18.2 Å². The number of nitrogens with zero attached hydrogens (tertiary/aromatic N) is 1. The summed E-state index contributed by atoms with van der Waals surface area (Å²) >= 11 is 2.10. The minimum atomic E-state index is -0.133. The van der Waals surface area contributed by atoms with E-state index in [1.807, 2.05) is 12.1 Å². The first-order valence-corrected chi connectivity index (χ1v) is 4.68. The molecule has 0 aliphatic rings. The molecular weight excluding hydrogens is 279 g/mol. The van der Waals surface area contributed by atoms with Crippen molar-refractivity contribution < 1.29 is 4.79 Å². The van der Waals surface area contributed by atoms with Crippen LogP contribution in [0.25, 0.3) is 0 Å². The number of halogens is 1. The van der Waals surface area contributed by atoms with E-state index in [1.165, 1.54) is 6.92 Å². The minimum absolute atomic E-state index is 0.133. The van der Waals surface area contributed by atoms with Crippen LogP contribution in [0.2, 0.25) is 0 Å². The molecule has 0 aliphatic carbocycles. The van der Waals surface area contributed by atoms with Gasteiger partial charge in [-0.05, 0) is 40.8 Å². The normalized spacial score (nSPS) is 9.00. The van der Waals surface area contributed by atoms with Gasteiger partial charge in [0.1, 0.15) is 0 Å². The molecule has 3 nitrogen and oxygen atoms in total. The van der Waals surface area contributed by atoms with E-state index in [2.05, 4.69) is 27.9 Å². The number of amides is 1. The molecule has 1 rings (SSSR count). The maximum absolute atomic E-state index is 10.7. The zero-order valence-electron chi connectivity index (χ0n) is 6.97. The first kappa shape index (κ1) is 9.99. The number of hydrogen-bond donors (Lipinski definition) is 1. The summed E-state index contributed by atoms with van der Waals surface area (Å²) in [7, 11) is 0. The lowest BCUT2D eigenvalue weighted by Gasteiger charge is -2.02. The van der Waals surface area contributed by atoms with Crippen LogP contribution in [0.5, 0.6) is 0 Å². The smallest absolute Gasteiger partial charge is 0.221 e. The number of anilines is 1. The third-order valence-electron chi connectivity index (χ3n) is 1.35. The molecule has 0 aliphatic heterocycles. The van der Waals surface area contributed by atoms with E-state index in [1.54, 1.807) is 12.1 Å². The summed E-state index contributed by atoms with van der Waals surface area (Å²) in [4.78, 5) is 10.7. The first-order chi connectivity index (χ1) is 6.11. The van der Waals surface area contributed by atoms with Gasteiger partial charge in [-0.2, -0.15) is 5.26 Å². The number of nitriles is 1. The minimum Gasteiger partial charge on any atom is -0.326 e. The average Bonchev–Trinajstić information content (AvgIpc) is 2.01. The molecule has 0 unspecified atom stereocenters. The zero-order valence-corrected chi connectivity index (χ0v) is 9.12. The number of benzene rings is 1. The van der Waals surface area contributed by atoms with Crippen LogP contribution in [0.4, 0.5) is 5.69 Å². The topological polar surface area (TPSA) is 52.9 Å². The maximum Gasteiger partial charge on any atom is 0.221 e. The number of carbonyl (C=O) groups is 1. The van der Waals surface area contributed by atoms with Crippen molar-refractivity contribution >= 4 is 34.2 Å². The molecular formula is C9H7IN2O. The van der Waals surface area contributed by atoms with Crippen LogP contribution in [0, 0.1) is 14.9 Å². The van der Waals surface area contributed by atoms with Crippen molar-refractivity contribution in [3.8, 4) is 6.07 Å². The predicted octanol–water partition coefficient (Wildman–Crippen LogP) is 2.12. The molecule has 0 aromatic heterocycles. The summed E-state index contributed by atoms with van der Waals surface area (Å²) in [6.07, 6.45) is 0. The van der Waals surface area contributed by atoms with Gasteiger partial charge < -0.3 is 5.32 Å². The number of hydrogen-bond acceptors (Lipinski definition) is 2. The lowest BCUT2D eigenvalue weighted by atomic mass is 10.2. The molecule has 1 amide bonds. The fourth-order valence-electron chi connectivity index (χ4n) is 0.930. The van der Waals surface area contributed by atoms with Crippen molar-refractivity contribution in [2.24, 2.45) is 0 Å². The zero-order chi connectivity index (χ0) is 9.84. The van der Waals surface area contributed by atoms with Crippen LogP contribution in [0.1, 0.15) is 12.5 Å². The Morgan fingerprint density at radius 3 is 2.77 bits per heavy atom. The van der Waals surface area contributed by atoms with Crippen LogP contribution < -0.4 is 5.32 Å². The first-order valence-electron chi connectivity index (χ1n) is 3.60. The molecule has 0 spiro atoms. The second-order valence-corrected chi connectivity index (χ2v) is 3.77. The van der Waals surface area contributed by atoms with E-state index in [9.17, 15) is 4.79 Å². The van der Waals surface area contributed by atoms with E-state index < -0.39 is 0 Å². The van der Waals surface area contributed by atoms with Gasteiger partial charge in [0.15, 0.2) is 0 Å². The van der Waals surface area contributed by atoms with Gasteiger partial charge in [0.05, 0.1) is 11.6 Å². The summed E-state index contributed by atoms with van der Waals surface area (Å²) in [5.74, 6) is -0.133. The molecule has 13 heavy (non-hydrogen) atoms. The van der Waals surface area contributed by atoms with Crippen LogP contribution >= 0.6 is 22.6 Å². The highest BCUT2D eigenvalue weighted by Gasteiger charge is 1.99. The summed E-state index contributed by atoms with van der Waals surface area (Å²) in [6, 6.07) is 7.23. The maximum atomic E-state index is 10.7. The van der Waals surface area contributed by atoms with Crippen molar-refractivity contribution in [3.05, 3.63) is 27.3 Å². The van der Waals surface area contributed by atoms with Crippen molar-refractivity contribution in [1.29, 1.82) is 5.26 Å². The van der Waals surface area contributed by atoms with Crippen molar-refractivity contribution in [1.82, 2.24) is 0 Å². The molecule has 0 bridgehead atoms. The Hall–Kier alpha value is -1.09. The summed E-state index contributed by atoms with van der Waals surface area (Å²) in [5, 5.41) is 11.3. The highest BCUT2D eigenvalue weighted by atomic mass is 127. The second-order valence-electron chi connectivity index (χ2n) is 2.52. The lowest BCUT2D eigenvalue weighted by molar-refractivity contribution is -0.114. The standard InChI is InChI=1S/C9H7IN2O/c1-6(13)12-9-3-7(5-11)2-8(10)4-9/h2-4H,1H3,(H,12,13). The molecule has 4 heteroatoms. The van der Waals surface area contributed by atoms with Crippen LogP contribution in [-0.2, 0) is 4.79 Å². The molecule has 0 atom stereocenters. The summed E-state index contributed by atoms with van der Waals surface area (Å²) in [5.41, 5.74) is 1.21. The van der Waals surface area contributed by atoms with Crippen molar-refractivity contribution in [2.45, 2.75) is 6.92 Å². The number of rotatable bonds is 1. The number of nitrogens with one attached hydrogen (secondary N) is 1. The van der Waals surface area contributed by atoms with Crippen LogP contribution in [0.3, 0.4) is 0 Å². The Balaban J connectivity index is 3.03. The third-order valence-corrected chi connectivity index (χ3v) is 1.97. The highest BCUT2D eigenvalue weighted by Crippen LogP contribution is 2.15. The van der Waals surface area contributed by atoms with Gasteiger partial charge in [0.2, 0.25) is 5.91 Å². The second kappa shape index (κ2) is 4.23. The van der Waals surface area contributed by atoms with Gasteiger partial charge in [0, 0.05) is 16.2 Å². The fraction of sp³-hybridized carbons (Fsp3) is 0.111. The molecule has 0 heterocycles. The van der Waals surface area contributed by atoms with Gasteiger partial charge in [-0.3, -0.25) is 4.79 Å². The van der Waals surface area contributed by atoms with E-state index >= 15 is 0 Å². The third kappa shape index (κ3) is 3.03. The molecule has 0 saturated heterocycles. The van der Waals surface area contributed by atoms with Gasteiger partial charge in [-0.25, -0.2) is 0 Å². The van der Waals surface area contributed by atoms with Crippen LogP contribution in [-0.4, -0.2) is 5.91 Å². The Labute approximate surface area is 89.9 Å². The monoisotopic (exact) mass is 286 g/mol. The van der Waals surface area contributed by atoms with E-state index in [0.29, 0.717) is 11.3 Å². The summed E-state index contributed by atoms with van der Waals surface area (Å²) in [6.45, 7) is 1.44. The molecule has 0 saturated carbocycles. The van der Waals surface area contributed by atoms with E-state index in [0.717, 1.165) is 3.57 Å². The van der Waals surface area contributed by atoms with E-state index in [-0.39, 0.29) is 5.91 Å². The molecule has 1 aromatic carbocycles. The predicted molar refractivity (Wildman–Crippen MR) is 58.2 cm³/mol. The molecule has 0 radical (unpaired) electrons. The molecule has 0 fully saturated rings. The van der Waals surface area contributed by atoms with Crippen molar-refractivity contribution in [2.75, 3.05) is 5.32 Å². The Morgan fingerprint density at radius 2 is 2.23 bits per heavy atom. The molecule has 66 valence electrons. The summed E-state index contributed by atoms with van der Waals surface area (Å²) < 4.78 is 0.931. The van der Waals surface area contributed by atoms with Gasteiger partial charge >= 0.3 is 0 Å².